The third-order valence-corrected chi connectivity index (χ3v) is 2.33. The van der Waals surface area contributed by atoms with Gasteiger partial charge in [0.15, 0.2) is 0 Å². The molecule has 0 bridgehead atoms. The molecule has 0 aromatic carbocycles. The molecule has 3 heteroatoms. The topological polar surface area (TPSA) is 46.5 Å². The fourth-order valence-electron chi connectivity index (χ4n) is 1.17. The maximum absolute atomic E-state index is 10.5. The Morgan fingerprint density at radius 2 is 2.27 bits per heavy atom. The first kappa shape index (κ1) is 8.27. The van der Waals surface area contributed by atoms with Crippen LogP contribution in [0.5, 0.6) is 0 Å². The molecule has 0 radical (unpaired) electrons. The second-order valence-corrected chi connectivity index (χ2v) is 2.91. The highest BCUT2D eigenvalue weighted by molar-refractivity contribution is 5.87. The summed E-state index contributed by atoms with van der Waals surface area (Å²) >= 11 is 0. The molecule has 1 saturated heterocycles. The van der Waals surface area contributed by atoms with Gasteiger partial charge < -0.3 is 9.84 Å². The van der Waals surface area contributed by atoms with Crippen molar-refractivity contribution in [3.8, 4) is 0 Å². The summed E-state index contributed by atoms with van der Waals surface area (Å²) in [7, 11) is 0. The van der Waals surface area contributed by atoms with Gasteiger partial charge in [0, 0.05) is 11.0 Å². The number of hydrogen-bond acceptors (Lipinski definition) is 2. The van der Waals surface area contributed by atoms with Crippen LogP contribution >= 0.6 is 0 Å². The maximum atomic E-state index is 10.5. The fourth-order valence-corrected chi connectivity index (χ4v) is 1.17. The highest BCUT2D eigenvalue weighted by atomic mass is 16.5. The van der Waals surface area contributed by atoms with E-state index in [9.17, 15) is 4.79 Å². The Labute approximate surface area is 65.7 Å². The lowest BCUT2D eigenvalue weighted by atomic mass is 9.76. The van der Waals surface area contributed by atoms with Crippen molar-refractivity contribution in [1.29, 1.82) is 0 Å². The van der Waals surface area contributed by atoms with E-state index in [4.69, 9.17) is 9.84 Å². The van der Waals surface area contributed by atoms with Gasteiger partial charge in [-0.3, -0.25) is 0 Å². The molecule has 0 amide bonds. The molecule has 62 valence electrons. The summed E-state index contributed by atoms with van der Waals surface area (Å²) in [4.78, 5) is 10.5. The predicted octanol–water partition coefficient (Wildman–Crippen LogP) is 1.05. The summed E-state index contributed by atoms with van der Waals surface area (Å²) in [5.74, 6) is -0.907. The summed E-state index contributed by atoms with van der Waals surface area (Å²) in [5.41, 5.74) is 0.0116. The maximum Gasteiger partial charge on any atom is 0.331 e. The molecule has 1 N–H and O–H groups in total. The van der Waals surface area contributed by atoms with E-state index in [1.165, 1.54) is 0 Å². The third-order valence-electron chi connectivity index (χ3n) is 2.33. The third kappa shape index (κ3) is 1.16. The second-order valence-electron chi connectivity index (χ2n) is 2.91. The molecule has 11 heavy (non-hydrogen) atoms. The van der Waals surface area contributed by atoms with Crippen molar-refractivity contribution in [1.82, 2.24) is 0 Å². The normalized spacial score (nSPS) is 20.5. The zero-order valence-electron chi connectivity index (χ0n) is 6.59. The van der Waals surface area contributed by atoms with Crippen molar-refractivity contribution < 1.29 is 14.6 Å². The number of carboxylic acid groups (broad SMARTS) is 1. The van der Waals surface area contributed by atoms with Crippen LogP contribution in [0.4, 0.5) is 0 Å². The van der Waals surface area contributed by atoms with Gasteiger partial charge in [-0.1, -0.05) is 13.5 Å². The Kier molecular flexibility index (Phi) is 2.00. The average molecular weight is 156 g/mol. The summed E-state index contributed by atoms with van der Waals surface area (Å²) in [6, 6.07) is 0. The minimum absolute atomic E-state index is 0.272. The van der Waals surface area contributed by atoms with Crippen LogP contribution in [0.2, 0.25) is 0 Å². The van der Waals surface area contributed by atoms with Crippen LogP contribution in [-0.4, -0.2) is 24.3 Å². The fraction of sp³-hybridized carbons (Fsp3) is 0.625. The molecular formula is C8H12O3. The van der Waals surface area contributed by atoms with Crippen molar-refractivity contribution in [2.75, 3.05) is 13.2 Å². The van der Waals surface area contributed by atoms with Crippen molar-refractivity contribution in [3.63, 3.8) is 0 Å². The van der Waals surface area contributed by atoms with Gasteiger partial charge in [0.05, 0.1) is 13.2 Å². The quantitative estimate of drug-likeness (QED) is 0.621. The monoisotopic (exact) mass is 156 g/mol. The lowest BCUT2D eigenvalue weighted by molar-refractivity contribution is -0.141. The smallest absolute Gasteiger partial charge is 0.331 e. The summed E-state index contributed by atoms with van der Waals surface area (Å²) in [6.07, 6.45) is 0.790. The van der Waals surface area contributed by atoms with Gasteiger partial charge in [-0.05, 0) is 6.42 Å². The van der Waals surface area contributed by atoms with E-state index in [-0.39, 0.29) is 11.0 Å². The van der Waals surface area contributed by atoms with Crippen LogP contribution in [0, 0.1) is 5.41 Å². The van der Waals surface area contributed by atoms with Gasteiger partial charge in [0.2, 0.25) is 0 Å². The summed E-state index contributed by atoms with van der Waals surface area (Å²) in [6.45, 7) is 6.51. The Hall–Kier alpha value is -0.830. The van der Waals surface area contributed by atoms with Crippen LogP contribution in [-0.2, 0) is 9.53 Å². The minimum atomic E-state index is -0.907. The zero-order valence-corrected chi connectivity index (χ0v) is 6.59. The van der Waals surface area contributed by atoms with E-state index < -0.39 is 5.97 Å². The number of aliphatic carboxylic acids is 1. The molecule has 0 aliphatic carbocycles. The Morgan fingerprint density at radius 1 is 1.73 bits per heavy atom. The van der Waals surface area contributed by atoms with Crippen LogP contribution in [0.25, 0.3) is 0 Å². The highest BCUT2D eigenvalue weighted by Gasteiger charge is 2.42. The van der Waals surface area contributed by atoms with E-state index in [0.717, 1.165) is 6.42 Å². The van der Waals surface area contributed by atoms with Crippen LogP contribution in [0.1, 0.15) is 13.3 Å². The van der Waals surface area contributed by atoms with Gasteiger partial charge in [-0.15, -0.1) is 0 Å². The molecule has 0 atom stereocenters. The van der Waals surface area contributed by atoms with Crippen molar-refractivity contribution in [2.45, 2.75) is 13.3 Å². The van der Waals surface area contributed by atoms with Crippen molar-refractivity contribution in [3.05, 3.63) is 12.2 Å². The molecular weight excluding hydrogens is 144 g/mol. The Balaban J connectivity index is 2.70. The van der Waals surface area contributed by atoms with Crippen LogP contribution in [0.3, 0.4) is 0 Å². The van der Waals surface area contributed by atoms with E-state index in [2.05, 4.69) is 6.58 Å². The number of ether oxygens (including phenoxy) is 1. The molecule has 0 aromatic heterocycles. The van der Waals surface area contributed by atoms with Gasteiger partial charge in [0.1, 0.15) is 0 Å². The van der Waals surface area contributed by atoms with Crippen molar-refractivity contribution >= 4 is 5.97 Å². The van der Waals surface area contributed by atoms with Crippen molar-refractivity contribution in [2.24, 2.45) is 5.41 Å². The van der Waals surface area contributed by atoms with Gasteiger partial charge in [0.25, 0.3) is 0 Å². The molecule has 1 aliphatic rings. The number of rotatable bonds is 3. The standard InChI is InChI=1S/C8H12O3/c1-3-8(4-11-5-8)6(2)7(9)10/h2-5H2,1H3,(H,9,10). The molecule has 0 saturated carbocycles. The molecule has 0 spiro atoms. The van der Waals surface area contributed by atoms with Gasteiger partial charge >= 0.3 is 5.97 Å². The highest BCUT2D eigenvalue weighted by Crippen LogP contribution is 2.37. The van der Waals surface area contributed by atoms with E-state index in [1.54, 1.807) is 0 Å². The molecule has 3 nitrogen and oxygen atoms in total. The van der Waals surface area contributed by atoms with E-state index in [0.29, 0.717) is 13.2 Å². The summed E-state index contributed by atoms with van der Waals surface area (Å²) < 4.78 is 4.98. The lowest BCUT2D eigenvalue weighted by Gasteiger charge is -2.40. The van der Waals surface area contributed by atoms with Gasteiger partial charge in [-0.25, -0.2) is 4.79 Å². The first-order chi connectivity index (χ1) is 5.12. The van der Waals surface area contributed by atoms with Crippen LogP contribution in [0.15, 0.2) is 12.2 Å². The Morgan fingerprint density at radius 3 is 2.36 bits per heavy atom. The Bertz CT molecular complexity index is 186. The molecule has 1 aliphatic heterocycles. The second kappa shape index (κ2) is 2.66. The summed E-state index contributed by atoms with van der Waals surface area (Å²) in [5, 5.41) is 8.66. The molecule has 1 fully saturated rings. The predicted molar refractivity (Wildman–Crippen MR) is 40.3 cm³/mol. The van der Waals surface area contributed by atoms with Crippen LogP contribution < -0.4 is 0 Å². The zero-order chi connectivity index (χ0) is 8.48. The molecule has 0 unspecified atom stereocenters. The van der Waals surface area contributed by atoms with Gasteiger partial charge in [-0.2, -0.15) is 0 Å². The largest absolute Gasteiger partial charge is 0.478 e. The SMILES string of the molecule is C=C(C(=O)O)C1(CC)COC1. The number of carboxylic acids is 1. The molecule has 1 heterocycles. The molecule has 0 aromatic rings. The molecule has 1 rings (SSSR count). The lowest BCUT2D eigenvalue weighted by Crippen LogP contribution is -2.45. The first-order valence-corrected chi connectivity index (χ1v) is 3.63. The number of carbonyl (C=O) groups is 1. The number of hydrogen-bond donors (Lipinski definition) is 1. The minimum Gasteiger partial charge on any atom is -0.478 e. The van der Waals surface area contributed by atoms with E-state index >= 15 is 0 Å². The average Bonchev–Trinajstić information content (AvgIpc) is 1.86. The van der Waals surface area contributed by atoms with E-state index in [1.807, 2.05) is 6.92 Å². The first-order valence-electron chi connectivity index (χ1n) is 3.63.